The molecular formula is C21H28N2O3S. The van der Waals surface area contributed by atoms with Gasteiger partial charge in [-0.05, 0) is 61.5 Å². The van der Waals surface area contributed by atoms with E-state index >= 15 is 0 Å². The highest BCUT2D eigenvalue weighted by atomic mass is 32.1. The van der Waals surface area contributed by atoms with Crippen LogP contribution in [0.4, 0.5) is 0 Å². The predicted octanol–water partition coefficient (Wildman–Crippen LogP) is 3.97. The van der Waals surface area contributed by atoms with Crippen molar-refractivity contribution >= 4 is 17.2 Å². The second kappa shape index (κ2) is 9.24. The highest BCUT2D eigenvalue weighted by Gasteiger charge is 2.26. The van der Waals surface area contributed by atoms with Crippen molar-refractivity contribution < 1.29 is 14.3 Å². The Morgan fingerprint density at radius 2 is 1.96 bits per heavy atom. The minimum Gasteiger partial charge on any atom is -0.493 e. The summed E-state index contributed by atoms with van der Waals surface area (Å²) < 4.78 is 10.5. The summed E-state index contributed by atoms with van der Waals surface area (Å²) in [5.74, 6) is 1.87. The van der Waals surface area contributed by atoms with Gasteiger partial charge < -0.3 is 14.8 Å². The van der Waals surface area contributed by atoms with E-state index in [1.54, 1.807) is 43.8 Å². The third-order valence-corrected chi connectivity index (χ3v) is 6.21. The fraction of sp³-hybridized carbons (Fsp3) is 0.476. The molecule has 0 spiro atoms. The number of ether oxygens (including phenoxy) is 2. The van der Waals surface area contributed by atoms with Gasteiger partial charge in [0.05, 0.1) is 20.3 Å². The fourth-order valence-corrected chi connectivity index (χ4v) is 4.36. The Morgan fingerprint density at radius 3 is 2.59 bits per heavy atom. The van der Waals surface area contributed by atoms with Crippen molar-refractivity contribution in [1.29, 1.82) is 0 Å². The summed E-state index contributed by atoms with van der Waals surface area (Å²) >= 11 is 1.75. The minimum absolute atomic E-state index is 0.0945. The summed E-state index contributed by atoms with van der Waals surface area (Å²) in [6.45, 7) is 5.07. The Labute approximate surface area is 165 Å². The van der Waals surface area contributed by atoms with Crippen molar-refractivity contribution in [1.82, 2.24) is 10.2 Å². The lowest BCUT2D eigenvalue weighted by Gasteiger charge is -2.36. The molecule has 2 heterocycles. The molecule has 1 atom stereocenters. The van der Waals surface area contributed by atoms with Gasteiger partial charge in [0.25, 0.3) is 5.91 Å². The number of piperidine rings is 1. The Bertz CT molecular complexity index is 740. The molecule has 1 aromatic carbocycles. The minimum atomic E-state index is -0.0945. The first-order valence-electron chi connectivity index (χ1n) is 9.40. The van der Waals surface area contributed by atoms with Gasteiger partial charge in [0, 0.05) is 17.0 Å². The van der Waals surface area contributed by atoms with Crippen molar-refractivity contribution in [2.75, 3.05) is 33.9 Å². The molecule has 0 bridgehead atoms. The van der Waals surface area contributed by atoms with Crippen LogP contribution in [0, 0.1) is 5.92 Å². The lowest BCUT2D eigenvalue weighted by molar-refractivity contribution is 0.0914. The maximum atomic E-state index is 12.7. The first kappa shape index (κ1) is 19.7. The molecule has 1 aromatic heterocycles. The monoisotopic (exact) mass is 388 g/mol. The lowest BCUT2D eigenvalue weighted by atomic mass is 9.97. The van der Waals surface area contributed by atoms with Gasteiger partial charge in [-0.15, -0.1) is 11.3 Å². The topological polar surface area (TPSA) is 50.8 Å². The molecule has 1 aliphatic heterocycles. The van der Waals surface area contributed by atoms with E-state index in [1.807, 2.05) is 0 Å². The van der Waals surface area contributed by atoms with Crippen LogP contribution in [0.15, 0.2) is 35.7 Å². The molecule has 1 N–H and O–H groups in total. The van der Waals surface area contributed by atoms with E-state index in [-0.39, 0.29) is 11.9 Å². The van der Waals surface area contributed by atoms with Gasteiger partial charge in [-0.1, -0.05) is 13.0 Å². The molecule has 3 rings (SSSR count). The molecule has 146 valence electrons. The first-order valence-corrected chi connectivity index (χ1v) is 10.3. The molecule has 0 aliphatic carbocycles. The van der Waals surface area contributed by atoms with Crippen molar-refractivity contribution in [3.63, 3.8) is 0 Å². The van der Waals surface area contributed by atoms with E-state index in [1.165, 1.54) is 17.7 Å². The number of benzene rings is 1. The summed E-state index contributed by atoms with van der Waals surface area (Å²) in [6.07, 6.45) is 2.43. The zero-order valence-corrected chi connectivity index (χ0v) is 17.1. The van der Waals surface area contributed by atoms with Crippen molar-refractivity contribution in [2.45, 2.75) is 25.8 Å². The van der Waals surface area contributed by atoms with Gasteiger partial charge in [-0.25, -0.2) is 0 Å². The van der Waals surface area contributed by atoms with Gasteiger partial charge >= 0.3 is 0 Å². The van der Waals surface area contributed by atoms with Crippen LogP contribution in [0.2, 0.25) is 0 Å². The average Bonchev–Trinajstić information content (AvgIpc) is 3.23. The number of thiophene rings is 1. The Morgan fingerprint density at radius 1 is 1.22 bits per heavy atom. The zero-order valence-electron chi connectivity index (χ0n) is 16.2. The largest absolute Gasteiger partial charge is 0.493 e. The molecule has 27 heavy (non-hydrogen) atoms. The zero-order chi connectivity index (χ0) is 19.2. The van der Waals surface area contributed by atoms with E-state index in [9.17, 15) is 4.79 Å². The SMILES string of the molecule is COc1ccc(C(=O)NCC(c2cccs2)N2CCC(C)CC2)cc1OC. The maximum absolute atomic E-state index is 12.7. The van der Waals surface area contributed by atoms with Gasteiger partial charge in [-0.2, -0.15) is 0 Å². The fourth-order valence-electron chi connectivity index (χ4n) is 3.50. The van der Waals surface area contributed by atoms with Crippen LogP contribution < -0.4 is 14.8 Å². The van der Waals surface area contributed by atoms with Crippen molar-refractivity contribution in [3.8, 4) is 11.5 Å². The number of methoxy groups -OCH3 is 2. The van der Waals surface area contributed by atoms with E-state index in [2.05, 4.69) is 34.7 Å². The lowest BCUT2D eigenvalue weighted by Crippen LogP contribution is -2.41. The quantitative estimate of drug-likeness (QED) is 0.780. The molecule has 0 saturated carbocycles. The molecule has 1 unspecified atom stereocenters. The molecule has 1 fully saturated rings. The van der Waals surface area contributed by atoms with E-state index < -0.39 is 0 Å². The number of hydrogen-bond acceptors (Lipinski definition) is 5. The van der Waals surface area contributed by atoms with Crippen LogP contribution >= 0.6 is 11.3 Å². The Kier molecular flexibility index (Phi) is 6.74. The second-order valence-electron chi connectivity index (χ2n) is 7.03. The van der Waals surface area contributed by atoms with E-state index in [4.69, 9.17) is 9.47 Å². The number of nitrogens with one attached hydrogen (secondary N) is 1. The third-order valence-electron chi connectivity index (χ3n) is 5.23. The molecule has 2 aromatic rings. The van der Waals surface area contributed by atoms with Crippen LogP contribution in [-0.2, 0) is 0 Å². The standard InChI is InChI=1S/C21H28N2O3S/c1-15-8-10-23(11-9-15)17(20-5-4-12-27-20)14-22-21(24)16-6-7-18(25-2)19(13-16)26-3/h4-7,12-13,15,17H,8-11,14H2,1-3H3,(H,22,24). The highest BCUT2D eigenvalue weighted by Crippen LogP contribution is 2.30. The summed E-state index contributed by atoms with van der Waals surface area (Å²) in [4.78, 5) is 16.5. The van der Waals surface area contributed by atoms with Gasteiger partial charge in [-0.3, -0.25) is 9.69 Å². The van der Waals surface area contributed by atoms with Crippen LogP contribution in [0.3, 0.4) is 0 Å². The molecular weight excluding hydrogens is 360 g/mol. The summed E-state index contributed by atoms with van der Waals surface area (Å²) in [5, 5.41) is 5.22. The number of likely N-dealkylation sites (tertiary alicyclic amines) is 1. The molecule has 5 nitrogen and oxygen atoms in total. The van der Waals surface area contributed by atoms with Crippen molar-refractivity contribution in [2.24, 2.45) is 5.92 Å². The predicted molar refractivity (Wildman–Crippen MR) is 109 cm³/mol. The van der Waals surface area contributed by atoms with Crippen LogP contribution in [0.25, 0.3) is 0 Å². The molecule has 6 heteroatoms. The van der Waals surface area contributed by atoms with Crippen LogP contribution in [-0.4, -0.2) is 44.7 Å². The first-order chi connectivity index (χ1) is 13.1. The number of hydrogen-bond donors (Lipinski definition) is 1. The van der Waals surface area contributed by atoms with Crippen molar-refractivity contribution in [3.05, 3.63) is 46.2 Å². The van der Waals surface area contributed by atoms with Crippen LogP contribution in [0.1, 0.15) is 41.0 Å². The van der Waals surface area contributed by atoms with E-state index in [0.717, 1.165) is 19.0 Å². The highest BCUT2D eigenvalue weighted by molar-refractivity contribution is 7.10. The number of rotatable bonds is 7. The molecule has 1 saturated heterocycles. The van der Waals surface area contributed by atoms with Gasteiger partial charge in [0.1, 0.15) is 0 Å². The van der Waals surface area contributed by atoms with Gasteiger partial charge in [0.2, 0.25) is 0 Å². The van der Waals surface area contributed by atoms with Gasteiger partial charge in [0.15, 0.2) is 11.5 Å². The van der Waals surface area contributed by atoms with E-state index in [0.29, 0.717) is 23.6 Å². The van der Waals surface area contributed by atoms with Crippen LogP contribution in [0.5, 0.6) is 11.5 Å². The summed E-state index contributed by atoms with van der Waals surface area (Å²) in [5.41, 5.74) is 0.574. The molecule has 1 aliphatic rings. The maximum Gasteiger partial charge on any atom is 0.251 e. The third kappa shape index (κ3) is 4.82. The Hall–Kier alpha value is -2.05. The molecule has 0 radical (unpaired) electrons. The Balaban J connectivity index is 1.69. The number of amides is 1. The number of carbonyl (C=O) groups excluding carboxylic acids is 1. The smallest absolute Gasteiger partial charge is 0.251 e. The second-order valence-corrected chi connectivity index (χ2v) is 8.01. The summed E-state index contributed by atoms with van der Waals surface area (Å²) in [6, 6.07) is 9.71. The number of nitrogens with zero attached hydrogens (tertiary/aromatic N) is 1. The summed E-state index contributed by atoms with van der Waals surface area (Å²) in [7, 11) is 3.16. The average molecular weight is 389 g/mol. The number of carbonyl (C=O) groups is 1. The molecule has 1 amide bonds. The normalized spacial score (nSPS) is 16.7.